The first-order valence-electron chi connectivity index (χ1n) is 6.96. The molecule has 0 saturated heterocycles. The first-order valence-corrected chi connectivity index (χ1v) is 7.34. The van der Waals surface area contributed by atoms with Gasteiger partial charge in [0.05, 0.1) is 0 Å². The second-order valence-corrected chi connectivity index (χ2v) is 6.94. The zero-order valence-electron chi connectivity index (χ0n) is 11.5. The molecule has 1 aliphatic carbocycles. The Hall–Kier alpha value is -0.530. The fourth-order valence-electron chi connectivity index (χ4n) is 2.95. The van der Waals surface area contributed by atoms with Gasteiger partial charge in [-0.05, 0) is 61.1 Å². The van der Waals surface area contributed by atoms with E-state index in [0.717, 1.165) is 11.4 Å². The quantitative estimate of drug-likeness (QED) is 0.860. The summed E-state index contributed by atoms with van der Waals surface area (Å²) in [7, 11) is 0. The Morgan fingerprint density at radius 1 is 1.33 bits per heavy atom. The summed E-state index contributed by atoms with van der Waals surface area (Å²) in [6, 6.07) is 8.36. The van der Waals surface area contributed by atoms with Crippen molar-refractivity contribution in [2.75, 3.05) is 0 Å². The molecule has 1 aromatic rings. The van der Waals surface area contributed by atoms with E-state index in [1.807, 2.05) is 18.2 Å². The minimum atomic E-state index is 0.277. The number of hydrogen-bond donors (Lipinski definition) is 1. The molecule has 0 aliphatic heterocycles. The Morgan fingerprint density at radius 2 is 2.00 bits per heavy atom. The molecular weight excluding hydrogens is 242 g/mol. The standard InChI is InChI=1S/C16H24ClN/c1-16(2)8-6-13(7-9-16)15(18)11-12-4-3-5-14(17)10-12/h3-5,10,13,15H,6-9,11,18H2,1-2H3. The highest BCUT2D eigenvalue weighted by Gasteiger charge is 2.29. The predicted octanol–water partition coefficient (Wildman–Crippen LogP) is 4.43. The molecule has 1 fully saturated rings. The highest BCUT2D eigenvalue weighted by atomic mass is 35.5. The molecule has 2 rings (SSSR count). The van der Waals surface area contributed by atoms with Crippen LogP contribution in [0.3, 0.4) is 0 Å². The van der Waals surface area contributed by atoms with Crippen LogP contribution in [0.15, 0.2) is 24.3 Å². The molecule has 18 heavy (non-hydrogen) atoms. The minimum Gasteiger partial charge on any atom is -0.327 e. The number of halogens is 1. The minimum absolute atomic E-state index is 0.277. The van der Waals surface area contributed by atoms with E-state index < -0.39 is 0 Å². The van der Waals surface area contributed by atoms with Gasteiger partial charge in [0, 0.05) is 11.1 Å². The molecule has 0 heterocycles. The van der Waals surface area contributed by atoms with Crippen molar-refractivity contribution in [3.63, 3.8) is 0 Å². The van der Waals surface area contributed by atoms with Crippen molar-refractivity contribution in [2.45, 2.75) is 52.0 Å². The Kier molecular flexibility index (Phi) is 4.34. The summed E-state index contributed by atoms with van der Waals surface area (Å²) < 4.78 is 0. The van der Waals surface area contributed by atoms with Gasteiger partial charge in [0.25, 0.3) is 0 Å². The molecule has 100 valence electrons. The van der Waals surface area contributed by atoms with E-state index in [1.165, 1.54) is 31.2 Å². The summed E-state index contributed by atoms with van der Waals surface area (Å²) in [4.78, 5) is 0. The smallest absolute Gasteiger partial charge is 0.0408 e. The molecule has 0 bridgehead atoms. The normalized spacial score (nSPS) is 21.8. The number of nitrogens with two attached hydrogens (primary N) is 1. The molecule has 1 aromatic carbocycles. The largest absolute Gasteiger partial charge is 0.327 e. The van der Waals surface area contributed by atoms with E-state index in [-0.39, 0.29) is 6.04 Å². The first kappa shape index (κ1) is 13.9. The third kappa shape index (κ3) is 3.73. The number of rotatable bonds is 3. The van der Waals surface area contributed by atoms with Crippen LogP contribution in [0.1, 0.15) is 45.1 Å². The van der Waals surface area contributed by atoms with Gasteiger partial charge in [-0.2, -0.15) is 0 Å². The molecule has 0 amide bonds. The van der Waals surface area contributed by atoms with Crippen molar-refractivity contribution in [1.29, 1.82) is 0 Å². The molecule has 1 saturated carbocycles. The zero-order valence-corrected chi connectivity index (χ0v) is 12.2. The van der Waals surface area contributed by atoms with Crippen LogP contribution in [0, 0.1) is 11.3 Å². The van der Waals surface area contributed by atoms with Crippen LogP contribution in [0.4, 0.5) is 0 Å². The number of hydrogen-bond acceptors (Lipinski definition) is 1. The maximum absolute atomic E-state index is 6.38. The first-order chi connectivity index (χ1) is 8.46. The van der Waals surface area contributed by atoms with E-state index in [9.17, 15) is 0 Å². The van der Waals surface area contributed by atoms with Gasteiger partial charge >= 0.3 is 0 Å². The van der Waals surface area contributed by atoms with Crippen molar-refractivity contribution < 1.29 is 0 Å². The molecule has 1 unspecified atom stereocenters. The summed E-state index contributed by atoms with van der Waals surface area (Å²) in [6.45, 7) is 4.73. The highest BCUT2D eigenvalue weighted by Crippen LogP contribution is 2.39. The lowest BCUT2D eigenvalue weighted by atomic mass is 9.70. The molecular formula is C16H24ClN. The summed E-state index contributed by atoms with van der Waals surface area (Å²) in [5.74, 6) is 0.678. The van der Waals surface area contributed by atoms with E-state index in [0.29, 0.717) is 11.3 Å². The average Bonchev–Trinajstić information content (AvgIpc) is 2.28. The van der Waals surface area contributed by atoms with Crippen LogP contribution in [0.25, 0.3) is 0 Å². The van der Waals surface area contributed by atoms with Gasteiger partial charge in [-0.3, -0.25) is 0 Å². The van der Waals surface area contributed by atoms with Gasteiger partial charge in [0.1, 0.15) is 0 Å². The van der Waals surface area contributed by atoms with Gasteiger partial charge < -0.3 is 5.73 Å². The molecule has 0 spiro atoms. The zero-order chi connectivity index (χ0) is 13.2. The van der Waals surface area contributed by atoms with Crippen LogP contribution in [-0.2, 0) is 6.42 Å². The van der Waals surface area contributed by atoms with Gasteiger partial charge in [-0.25, -0.2) is 0 Å². The third-order valence-corrected chi connectivity index (χ3v) is 4.58. The lowest BCUT2D eigenvalue weighted by Gasteiger charge is -2.36. The van der Waals surface area contributed by atoms with Crippen molar-refractivity contribution >= 4 is 11.6 Å². The molecule has 0 radical (unpaired) electrons. The van der Waals surface area contributed by atoms with Crippen LogP contribution >= 0.6 is 11.6 Å². The fraction of sp³-hybridized carbons (Fsp3) is 0.625. The monoisotopic (exact) mass is 265 g/mol. The predicted molar refractivity (Wildman–Crippen MR) is 78.9 cm³/mol. The Labute approximate surface area is 116 Å². The van der Waals surface area contributed by atoms with E-state index in [2.05, 4.69) is 19.9 Å². The summed E-state index contributed by atoms with van der Waals surface area (Å²) in [5.41, 5.74) is 8.16. The van der Waals surface area contributed by atoms with Crippen molar-refractivity contribution in [2.24, 2.45) is 17.1 Å². The molecule has 2 heteroatoms. The van der Waals surface area contributed by atoms with Gasteiger partial charge in [0.15, 0.2) is 0 Å². The van der Waals surface area contributed by atoms with Crippen LogP contribution in [-0.4, -0.2) is 6.04 Å². The highest BCUT2D eigenvalue weighted by molar-refractivity contribution is 6.30. The molecule has 1 nitrogen and oxygen atoms in total. The SMILES string of the molecule is CC1(C)CCC(C(N)Cc2cccc(Cl)c2)CC1. The lowest BCUT2D eigenvalue weighted by molar-refractivity contribution is 0.173. The van der Waals surface area contributed by atoms with Crippen LogP contribution in [0.5, 0.6) is 0 Å². The van der Waals surface area contributed by atoms with Gasteiger partial charge in [-0.1, -0.05) is 37.6 Å². The Balaban J connectivity index is 1.91. The van der Waals surface area contributed by atoms with E-state index >= 15 is 0 Å². The second-order valence-electron chi connectivity index (χ2n) is 6.50. The molecule has 0 aromatic heterocycles. The fourth-order valence-corrected chi connectivity index (χ4v) is 3.17. The Bertz CT molecular complexity index is 390. The van der Waals surface area contributed by atoms with E-state index in [4.69, 9.17) is 17.3 Å². The molecule has 2 N–H and O–H groups in total. The third-order valence-electron chi connectivity index (χ3n) is 4.35. The van der Waals surface area contributed by atoms with Crippen LogP contribution < -0.4 is 5.73 Å². The molecule has 1 aliphatic rings. The van der Waals surface area contributed by atoms with Gasteiger partial charge in [-0.15, -0.1) is 0 Å². The maximum atomic E-state index is 6.38. The number of benzene rings is 1. The maximum Gasteiger partial charge on any atom is 0.0408 e. The van der Waals surface area contributed by atoms with Crippen molar-refractivity contribution in [1.82, 2.24) is 0 Å². The van der Waals surface area contributed by atoms with Crippen molar-refractivity contribution in [3.05, 3.63) is 34.9 Å². The second kappa shape index (κ2) is 5.63. The topological polar surface area (TPSA) is 26.0 Å². The average molecular weight is 266 g/mol. The molecule has 1 atom stereocenters. The lowest BCUT2D eigenvalue weighted by Crippen LogP contribution is -2.36. The van der Waals surface area contributed by atoms with Gasteiger partial charge in [0.2, 0.25) is 0 Å². The Morgan fingerprint density at radius 3 is 2.61 bits per heavy atom. The van der Waals surface area contributed by atoms with E-state index in [1.54, 1.807) is 0 Å². The summed E-state index contributed by atoms with van der Waals surface area (Å²) in [5, 5.41) is 0.810. The van der Waals surface area contributed by atoms with Crippen LogP contribution in [0.2, 0.25) is 5.02 Å². The summed E-state index contributed by atoms with van der Waals surface area (Å²) in [6.07, 6.45) is 6.11. The van der Waals surface area contributed by atoms with Crippen molar-refractivity contribution in [3.8, 4) is 0 Å². The summed E-state index contributed by atoms with van der Waals surface area (Å²) >= 11 is 6.01.